The molecule has 2 rings (SSSR count). The summed E-state index contributed by atoms with van der Waals surface area (Å²) in [5.41, 5.74) is 1.38. The van der Waals surface area contributed by atoms with Gasteiger partial charge in [-0.15, -0.1) is 0 Å². The molecule has 2 N–H and O–H groups in total. The minimum Gasteiger partial charge on any atom is -0.478 e. The topological polar surface area (TPSA) is 102 Å². The Bertz CT molecular complexity index is 838. The maximum atomic E-state index is 12.8. The monoisotopic (exact) mass is 405 g/mol. The van der Waals surface area contributed by atoms with Crippen molar-refractivity contribution in [2.45, 2.75) is 26.4 Å². The van der Waals surface area contributed by atoms with Gasteiger partial charge in [0.1, 0.15) is 6.10 Å². The molecular weight excluding hydrogens is 381 g/mol. The van der Waals surface area contributed by atoms with Crippen LogP contribution in [0.2, 0.25) is 0 Å². The molecule has 0 saturated heterocycles. The molecule has 0 radical (unpaired) electrons. The van der Waals surface area contributed by atoms with E-state index in [1.165, 1.54) is 24.3 Å². The molecule has 0 aromatic heterocycles. The average Bonchev–Trinajstić information content (AvgIpc) is 2.69. The Labute approximate surface area is 164 Å². The summed E-state index contributed by atoms with van der Waals surface area (Å²) in [6, 6.07) is 15.0. The molecule has 0 aliphatic rings. The molecule has 8 heteroatoms. The van der Waals surface area contributed by atoms with Crippen molar-refractivity contribution in [3.8, 4) is 0 Å². The molecule has 150 valence electrons. The highest BCUT2D eigenvalue weighted by atomic mass is 31.2. The fraction of sp³-hybridized carbons (Fsp3) is 0.300. The maximum absolute atomic E-state index is 12.8. The predicted octanol–water partition coefficient (Wildman–Crippen LogP) is 4.20. The Kier molecular flexibility index (Phi) is 7.93. The molecule has 0 heterocycles. The summed E-state index contributed by atoms with van der Waals surface area (Å²) in [4.78, 5) is 23.7. The van der Waals surface area contributed by atoms with Crippen LogP contribution in [0, 0.1) is 0 Å². The van der Waals surface area contributed by atoms with Gasteiger partial charge in [-0.05, 0) is 36.8 Å². The average molecular weight is 405 g/mol. The fourth-order valence-electron chi connectivity index (χ4n) is 2.51. The standard InChI is InChI=1S/C20H24NO6P/c1-3-26-28(25,4-2)27-18(14-15-8-6-5-7-9-15)19(22)21-17-12-10-16(11-13-17)20(23)24/h5-13,18H,3-4,14H2,1-2H3,(H,21,22)(H,23,24)/t18-,28?/m0/s1. The maximum Gasteiger partial charge on any atom is 0.335 e. The molecule has 0 bridgehead atoms. The number of carboxylic acid groups (broad SMARTS) is 1. The Hall–Kier alpha value is -2.47. The summed E-state index contributed by atoms with van der Waals surface area (Å²) in [7, 11) is -3.41. The number of anilines is 1. The van der Waals surface area contributed by atoms with Gasteiger partial charge in [-0.2, -0.15) is 0 Å². The SMILES string of the molecule is CCOP(=O)(CC)O[C@@H](Cc1ccccc1)C(=O)Nc1ccc(C(=O)O)cc1. The number of rotatable bonds is 10. The van der Waals surface area contributed by atoms with Crippen molar-refractivity contribution in [1.29, 1.82) is 0 Å². The lowest BCUT2D eigenvalue weighted by atomic mass is 10.1. The molecule has 0 fully saturated rings. The Morgan fingerprint density at radius 2 is 1.71 bits per heavy atom. The molecule has 1 amide bonds. The van der Waals surface area contributed by atoms with Crippen LogP contribution in [-0.2, 0) is 24.8 Å². The molecule has 1 unspecified atom stereocenters. The van der Waals surface area contributed by atoms with Crippen molar-refractivity contribution >= 4 is 25.2 Å². The molecule has 2 atom stereocenters. The molecule has 0 spiro atoms. The molecule has 2 aromatic rings. The number of aromatic carboxylic acids is 1. The Balaban J connectivity index is 2.19. The second kappa shape index (κ2) is 10.2. The fourth-order valence-corrected chi connectivity index (χ4v) is 3.86. The summed E-state index contributed by atoms with van der Waals surface area (Å²) in [6.07, 6.45) is -0.664. The Morgan fingerprint density at radius 3 is 2.25 bits per heavy atom. The quantitative estimate of drug-likeness (QED) is 0.575. The highest BCUT2D eigenvalue weighted by Crippen LogP contribution is 2.49. The van der Waals surface area contributed by atoms with Gasteiger partial charge in [-0.25, -0.2) is 4.79 Å². The van der Waals surface area contributed by atoms with E-state index in [9.17, 15) is 14.2 Å². The van der Waals surface area contributed by atoms with E-state index in [0.29, 0.717) is 5.69 Å². The van der Waals surface area contributed by atoms with Gasteiger partial charge in [-0.1, -0.05) is 37.3 Å². The van der Waals surface area contributed by atoms with Crippen molar-refractivity contribution in [3.63, 3.8) is 0 Å². The lowest BCUT2D eigenvalue weighted by Gasteiger charge is -2.23. The number of amides is 1. The van der Waals surface area contributed by atoms with E-state index >= 15 is 0 Å². The largest absolute Gasteiger partial charge is 0.478 e. The van der Waals surface area contributed by atoms with E-state index < -0.39 is 25.6 Å². The first-order chi connectivity index (χ1) is 13.4. The minimum atomic E-state index is -3.41. The van der Waals surface area contributed by atoms with Gasteiger partial charge in [0.15, 0.2) is 0 Å². The van der Waals surface area contributed by atoms with Crippen molar-refractivity contribution < 1.29 is 28.3 Å². The predicted molar refractivity (Wildman–Crippen MR) is 107 cm³/mol. The zero-order valence-corrected chi connectivity index (χ0v) is 16.7. The van der Waals surface area contributed by atoms with Crippen LogP contribution in [0.4, 0.5) is 5.69 Å². The highest BCUT2D eigenvalue weighted by Gasteiger charge is 2.31. The van der Waals surface area contributed by atoms with E-state index in [4.69, 9.17) is 14.2 Å². The smallest absolute Gasteiger partial charge is 0.335 e. The van der Waals surface area contributed by atoms with Crippen LogP contribution in [0.25, 0.3) is 0 Å². The van der Waals surface area contributed by atoms with Crippen molar-refractivity contribution in [1.82, 2.24) is 0 Å². The molecule has 28 heavy (non-hydrogen) atoms. The van der Waals surface area contributed by atoms with Gasteiger partial charge in [0.2, 0.25) is 0 Å². The molecule has 7 nitrogen and oxygen atoms in total. The van der Waals surface area contributed by atoms with E-state index in [1.54, 1.807) is 13.8 Å². The third kappa shape index (κ3) is 6.30. The van der Waals surface area contributed by atoms with Crippen LogP contribution in [0.5, 0.6) is 0 Å². The lowest BCUT2D eigenvalue weighted by molar-refractivity contribution is -0.123. The number of hydrogen-bond donors (Lipinski definition) is 2. The summed E-state index contributed by atoms with van der Waals surface area (Å²) in [6.45, 7) is 3.60. The van der Waals surface area contributed by atoms with E-state index in [2.05, 4.69) is 5.32 Å². The first-order valence-electron chi connectivity index (χ1n) is 8.97. The third-order valence-electron chi connectivity index (χ3n) is 3.96. The summed E-state index contributed by atoms with van der Waals surface area (Å²) in [5.74, 6) is -1.54. The lowest BCUT2D eigenvalue weighted by Crippen LogP contribution is -2.32. The second-order valence-electron chi connectivity index (χ2n) is 6.00. The van der Waals surface area contributed by atoms with Crippen LogP contribution in [0.15, 0.2) is 54.6 Å². The number of hydrogen-bond acceptors (Lipinski definition) is 5. The van der Waals surface area contributed by atoms with Crippen LogP contribution in [0.1, 0.15) is 29.8 Å². The van der Waals surface area contributed by atoms with Gasteiger partial charge in [0, 0.05) is 18.3 Å². The van der Waals surface area contributed by atoms with Crippen molar-refractivity contribution in [2.75, 3.05) is 18.1 Å². The summed E-state index contributed by atoms with van der Waals surface area (Å²) >= 11 is 0. The molecule has 0 aliphatic heterocycles. The summed E-state index contributed by atoms with van der Waals surface area (Å²) < 4.78 is 23.7. The van der Waals surface area contributed by atoms with Crippen molar-refractivity contribution in [3.05, 3.63) is 65.7 Å². The number of carbonyl (C=O) groups is 2. The number of nitrogens with one attached hydrogen (secondary N) is 1. The summed E-state index contributed by atoms with van der Waals surface area (Å²) in [5, 5.41) is 11.6. The number of benzene rings is 2. The number of carboxylic acids is 1. The van der Waals surface area contributed by atoms with Crippen LogP contribution >= 0.6 is 7.60 Å². The third-order valence-corrected chi connectivity index (χ3v) is 5.96. The van der Waals surface area contributed by atoms with E-state index in [0.717, 1.165) is 5.56 Å². The molecule has 2 aromatic carbocycles. The first-order valence-corrected chi connectivity index (χ1v) is 10.7. The normalized spacial score (nSPS) is 14.1. The van der Waals surface area contributed by atoms with Gasteiger partial charge in [-0.3, -0.25) is 13.9 Å². The highest BCUT2D eigenvalue weighted by molar-refractivity contribution is 7.53. The van der Waals surface area contributed by atoms with Crippen LogP contribution < -0.4 is 5.32 Å². The van der Waals surface area contributed by atoms with Gasteiger partial charge in [0.25, 0.3) is 5.91 Å². The van der Waals surface area contributed by atoms with E-state index in [-0.39, 0.29) is 24.8 Å². The molecule has 0 saturated carbocycles. The van der Waals surface area contributed by atoms with Crippen LogP contribution in [0.3, 0.4) is 0 Å². The zero-order valence-electron chi connectivity index (χ0n) is 15.8. The van der Waals surface area contributed by atoms with Crippen LogP contribution in [-0.4, -0.2) is 35.9 Å². The molecular formula is C20H24NO6P. The van der Waals surface area contributed by atoms with Crippen molar-refractivity contribution in [2.24, 2.45) is 0 Å². The Morgan fingerprint density at radius 1 is 1.07 bits per heavy atom. The first kappa shape index (κ1) is 21.8. The zero-order chi connectivity index (χ0) is 20.6. The van der Waals surface area contributed by atoms with Gasteiger partial charge < -0.3 is 14.9 Å². The number of carbonyl (C=O) groups excluding carboxylic acids is 1. The van der Waals surface area contributed by atoms with E-state index in [1.807, 2.05) is 30.3 Å². The van der Waals surface area contributed by atoms with Gasteiger partial charge in [0.05, 0.1) is 12.2 Å². The van der Waals surface area contributed by atoms with Gasteiger partial charge >= 0.3 is 13.6 Å². The second-order valence-corrected chi connectivity index (χ2v) is 8.32. The minimum absolute atomic E-state index is 0.113. The molecule has 0 aliphatic carbocycles.